The van der Waals surface area contributed by atoms with Crippen molar-refractivity contribution in [2.24, 2.45) is 4.99 Å². The van der Waals surface area contributed by atoms with E-state index in [4.69, 9.17) is 5.73 Å². The lowest BCUT2D eigenvalue weighted by Gasteiger charge is -2.36. The molecule has 3 aromatic rings. The molecule has 1 aromatic carbocycles. The summed E-state index contributed by atoms with van der Waals surface area (Å²) < 4.78 is 42.3. The number of nitrogens with two attached hydrogens (primary N) is 1. The van der Waals surface area contributed by atoms with Crippen LogP contribution in [0.5, 0.6) is 0 Å². The van der Waals surface area contributed by atoms with E-state index in [1.807, 2.05) is 0 Å². The zero-order valence-electron chi connectivity index (χ0n) is 18.1. The summed E-state index contributed by atoms with van der Waals surface area (Å²) in [5.41, 5.74) is 8.75. The molecular formula is C22H24F3N7O. The lowest BCUT2D eigenvalue weighted by molar-refractivity contribution is 0.0958. The number of alkyl halides is 2. The number of nitrogens with one attached hydrogen (secondary N) is 2. The van der Waals surface area contributed by atoms with Gasteiger partial charge in [0.25, 0.3) is 12.3 Å². The van der Waals surface area contributed by atoms with Gasteiger partial charge < -0.3 is 25.7 Å². The van der Waals surface area contributed by atoms with Crippen molar-refractivity contribution in [1.82, 2.24) is 14.7 Å². The Labute approximate surface area is 188 Å². The third-order valence-corrected chi connectivity index (χ3v) is 5.50. The first-order valence-electron chi connectivity index (χ1n) is 10.4. The quantitative estimate of drug-likeness (QED) is 0.403. The molecule has 0 radical (unpaired) electrons. The van der Waals surface area contributed by atoms with E-state index in [-0.39, 0.29) is 29.1 Å². The van der Waals surface area contributed by atoms with Crippen LogP contribution in [0.15, 0.2) is 35.6 Å². The first kappa shape index (κ1) is 22.6. The summed E-state index contributed by atoms with van der Waals surface area (Å²) in [5, 5.41) is 5.46. The topological polar surface area (TPSA) is 100 Å². The van der Waals surface area contributed by atoms with Crippen LogP contribution in [-0.4, -0.2) is 60.7 Å². The van der Waals surface area contributed by atoms with Gasteiger partial charge in [-0.15, -0.1) is 0 Å². The average Bonchev–Trinajstić information content (AvgIpc) is 3.16. The molecule has 3 heterocycles. The molecule has 0 aliphatic carbocycles. The normalized spacial score (nSPS) is 16.8. The number of aryl methyl sites for hydroxylation is 1. The van der Waals surface area contributed by atoms with Crippen molar-refractivity contribution in [2.45, 2.75) is 19.4 Å². The number of piperazine rings is 1. The minimum Gasteiger partial charge on any atom is -0.397 e. The van der Waals surface area contributed by atoms with Gasteiger partial charge in [-0.1, -0.05) is 0 Å². The molecule has 1 aliphatic rings. The Morgan fingerprint density at radius 3 is 2.91 bits per heavy atom. The Morgan fingerprint density at radius 2 is 2.18 bits per heavy atom. The van der Waals surface area contributed by atoms with Gasteiger partial charge >= 0.3 is 0 Å². The molecule has 0 bridgehead atoms. The maximum absolute atomic E-state index is 14.4. The van der Waals surface area contributed by atoms with Crippen molar-refractivity contribution in [1.29, 1.82) is 0 Å². The Hall–Kier alpha value is -3.60. The number of fused-ring (bicyclic) bond motifs is 1. The molecule has 1 atom stereocenters. The van der Waals surface area contributed by atoms with Gasteiger partial charge in [0.2, 0.25) is 0 Å². The molecule has 0 saturated carbocycles. The van der Waals surface area contributed by atoms with Gasteiger partial charge in [-0.25, -0.2) is 18.2 Å². The summed E-state index contributed by atoms with van der Waals surface area (Å²) in [7, 11) is 1.56. The van der Waals surface area contributed by atoms with Gasteiger partial charge in [0, 0.05) is 62.6 Å². The second kappa shape index (κ2) is 9.10. The van der Waals surface area contributed by atoms with Crippen LogP contribution < -0.4 is 21.3 Å². The SMILES string of the molecule is CN=Cc1c(N2CCNC(C(F)F)C2)ccc(C(=O)Nc2cc(F)c3nc(C)cn3c2)c1N. The first-order chi connectivity index (χ1) is 15.8. The number of carbonyl (C=O) groups excluding carboxylic acids is 1. The second-order valence-electron chi connectivity index (χ2n) is 7.83. The highest BCUT2D eigenvalue weighted by atomic mass is 19.3. The van der Waals surface area contributed by atoms with Crippen LogP contribution in [0.3, 0.4) is 0 Å². The minimum absolute atomic E-state index is 0.0941. The van der Waals surface area contributed by atoms with Gasteiger partial charge in [0.1, 0.15) is 0 Å². The van der Waals surface area contributed by atoms with Crippen molar-refractivity contribution in [3.8, 4) is 0 Å². The number of carbonyl (C=O) groups is 1. The number of amides is 1. The number of halogens is 3. The highest BCUT2D eigenvalue weighted by Crippen LogP contribution is 2.30. The van der Waals surface area contributed by atoms with Crippen LogP contribution in [-0.2, 0) is 0 Å². The van der Waals surface area contributed by atoms with E-state index >= 15 is 0 Å². The predicted octanol–water partition coefficient (Wildman–Crippen LogP) is 2.71. The number of hydrogen-bond acceptors (Lipinski definition) is 6. The van der Waals surface area contributed by atoms with Crippen LogP contribution in [0.2, 0.25) is 0 Å². The van der Waals surface area contributed by atoms with Crippen LogP contribution >= 0.6 is 0 Å². The molecule has 33 heavy (non-hydrogen) atoms. The number of benzene rings is 1. The van der Waals surface area contributed by atoms with E-state index in [9.17, 15) is 18.0 Å². The van der Waals surface area contributed by atoms with Gasteiger partial charge in [-0.2, -0.15) is 0 Å². The zero-order valence-corrected chi connectivity index (χ0v) is 18.1. The van der Waals surface area contributed by atoms with E-state index in [2.05, 4.69) is 20.6 Å². The summed E-state index contributed by atoms with van der Waals surface area (Å²) in [6.45, 7) is 2.73. The van der Waals surface area contributed by atoms with E-state index in [1.165, 1.54) is 22.7 Å². The number of pyridine rings is 1. The molecule has 0 spiro atoms. The van der Waals surface area contributed by atoms with Crippen LogP contribution in [0, 0.1) is 12.7 Å². The maximum Gasteiger partial charge on any atom is 0.257 e. The predicted molar refractivity (Wildman–Crippen MR) is 122 cm³/mol. The van der Waals surface area contributed by atoms with E-state index in [0.717, 1.165) is 0 Å². The molecule has 8 nitrogen and oxygen atoms in total. The largest absolute Gasteiger partial charge is 0.397 e. The summed E-state index contributed by atoms with van der Waals surface area (Å²) >= 11 is 0. The van der Waals surface area contributed by atoms with Crippen molar-refractivity contribution >= 4 is 34.8 Å². The van der Waals surface area contributed by atoms with Crippen molar-refractivity contribution in [2.75, 3.05) is 42.6 Å². The number of aliphatic imine (C=N–C) groups is 1. The molecule has 1 saturated heterocycles. The number of rotatable bonds is 5. The standard InChI is InChI=1S/C22H24F3N7O/c1-12-9-32-10-13(7-16(23)21(32)29-12)30-22(33)14-3-4-18(15(8-27-2)19(14)26)31-6-5-28-17(11-31)20(24)25/h3-4,7-10,17,20,28H,5-6,11,26H2,1-2H3,(H,30,33). The number of nitrogen functional groups attached to an aromatic ring is 1. The number of hydrogen-bond donors (Lipinski definition) is 3. The Balaban J connectivity index is 1.64. The fourth-order valence-electron chi connectivity index (χ4n) is 3.98. The van der Waals surface area contributed by atoms with Gasteiger partial charge in [-0.3, -0.25) is 9.79 Å². The molecule has 4 N–H and O–H groups in total. The highest BCUT2D eigenvalue weighted by Gasteiger charge is 2.28. The number of aromatic nitrogens is 2. The molecule has 1 aliphatic heterocycles. The molecule has 11 heteroatoms. The number of imidazole rings is 1. The van der Waals surface area contributed by atoms with Crippen molar-refractivity contribution < 1.29 is 18.0 Å². The molecule has 174 valence electrons. The summed E-state index contributed by atoms with van der Waals surface area (Å²) in [5.74, 6) is -1.11. The second-order valence-corrected chi connectivity index (χ2v) is 7.83. The third-order valence-electron chi connectivity index (χ3n) is 5.50. The zero-order chi connectivity index (χ0) is 23.7. The fraction of sp³-hybridized carbons (Fsp3) is 0.318. The molecule has 1 amide bonds. The molecule has 4 rings (SSSR count). The maximum atomic E-state index is 14.4. The van der Waals surface area contributed by atoms with Gasteiger partial charge in [-0.05, 0) is 19.1 Å². The van der Waals surface area contributed by atoms with Crippen molar-refractivity contribution in [3.05, 3.63) is 53.2 Å². The van der Waals surface area contributed by atoms with E-state index < -0.39 is 24.2 Å². The average molecular weight is 459 g/mol. The number of anilines is 3. The van der Waals surface area contributed by atoms with E-state index in [1.54, 1.807) is 37.3 Å². The van der Waals surface area contributed by atoms with Gasteiger partial charge in [0.05, 0.1) is 28.7 Å². The summed E-state index contributed by atoms with van der Waals surface area (Å²) in [6.07, 6.45) is 2.20. The highest BCUT2D eigenvalue weighted by molar-refractivity contribution is 6.11. The van der Waals surface area contributed by atoms with Crippen LogP contribution in [0.25, 0.3) is 5.65 Å². The molecule has 1 unspecified atom stereocenters. The lowest BCUT2D eigenvalue weighted by Crippen LogP contribution is -2.54. The molecule has 2 aromatic heterocycles. The third kappa shape index (κ3) is 4.49. The Kier molecular flexibility index (Phi) is 6.23. The first-order valence-corrected chi connectivity index (χ1v) is 10.4. The minimum atomic E-state index is -2.50. The van der Waals surface area contributed by atoms with Crippen molar-refractivity contribution in [3.63, 3.8) is 0 Å². The molecular weight excluding hydrogens is 435 g/mol. The van der Waals surface area contributed by atoms with Crippen LogP contribution in [0.4, 0.5) is 30.2 Å². The summed E-state index contributed by atoms with van der Waals surface area (Å²) in [6, 6.07) is 3.41. The fourth-order valence-corrected chi connectivity index (χ4v) is 3.98. The molecule has 1 fully saturated rings. The van der Waals surface area contributed by atoms with E-state index in [0.29, 0.717) is 30.0 Å². The number of nitrogens with zero attached hydrogens (tertiary/aromatic N) is 4. The monoisotopic (exact) mass is 459 g/mol. The lowest BCUT2D eigenvalue weighted by atomic mass is 10.0. The van der Waals surface area contributed by atoms with Gasteiger partial charge in [0.15, 0.2) is 11.5 Å². The smallest absolute Gasteiger partial charge is 0.257 e. The Morgan fingerprint density at radius 1 is 1.39 bits per heavy atom. The summed E-state index contributed by atoms with van der Waals surface area (Å²) in [4.78, 5) is 22.9. The Bertz CT molecular complexity index is 1220. The van der Waals surface area contributed by atoms with Crippen LogP contribution in [0.1, 0.15) is 21.6 Å².